The molecule has 26 heavy (non-hydrogen) atoms. The van der Waals surface area contributed by atoms with Crippen LogP contribution in [0.15, 0.2) is 87.6 Å². The molecule has 0 saturated heterocycles. The van der Waals surface area contributed by atoms with Crippen LogP contribution in [-0.4, -0.2) is 9.55 Å². The van der Waals surface area contributed by atoms with Crippen LogP contribution in [0.3, 0.4) is 0 Å². The van der Waals surface area contributed by atoms with E-state index in [9.17, 15) is 0 Å². The molecule has 3 nitrogen and oxygen atoms in total. The normalized spacial score (nSPS) is 11.7. The Hall–Kier alpha value is -2.50. The van der Waals surface area contributed by atoms with E-state index in [1.54, 1.807) is 11.3 Å². The molecular formula is C21H16BrN3S. The summed E-state index contributed by atoms with van der Waals surface area (Å²) in [6.07, 6.45) is 0. The van der Waals surface area contributed by atoms with Crippen LogP contribution in [0.2, 0.25) is 0 Å². The topological polar surface area (TPSA) is 30.2 Å². The monoisotopic (exact) mass is 421 g/mol. The third-order valence-corrected chi connectivity index (χ3v) is 5.30. The highest BCUT2D eigenvalue weighted by Crippen LogP contribution is 2.25. The molecule has 0 amide bonds. The minimum absolute atomic E-state index is 0.721. The fraction of sp³-hybridized carbons (Fsp3) is 0.0476. The van der Waals surface area contributed by atoms with E-state index < -0.39 is 0 Å². The van der Waals surface area contributed by atoms with Gasteiger partial charge >= 0.3 is 0 Å². The Morgan fingerprint density at radius 2 is 1.69 bits per heavy atom. The summed E-state index contributed by atoms with van der Waals surface area (Å²) < 4.78 is 3.24. The first-order valence-corrected chi connectivity index (χ1v) is 9.88. The zero-order chi connectivity index (χ0) is 17.9. The van der Waals surface area contributed by atoms with Crippen molar-refractivity contribution in [2.24, 2.45) is 4.99 Å². The van der Waals surface area contributed by atoms with E-state index in [0.717, 1.165) is 37.7 Å². The number of benzene rings is 2. The van der Waals surface area contributed by atoms with Crippen LogP contribution >= 0.6 is 27.3 Å². The predicted octanol–water partition coefficient (Wildman–Crippen LogP) is 5.90. The standard InChI is InChI=1S/C21H16BrN3S/c1-15-6-5-9-20(23-15)24-21-25(18-7-3-2-4-8-18)19(14-26-21)16-10-12-17(22)13-11-16/h2-14H,1H3/b24-21-. The number of aromatic nitrogens is 2. The van der Waals surface area contributed by atoms with E-state index >= 15 is 0 Å². The fourth-order valence-electron chi connectivity index (χ4n) is 2.73. The molecule has 4 rings (SSSR count). The fourth-order valence-corrected chi connectivity index (χ4v) is 3.90. The summed E-state index contributed by atoms with van der Waals surface area (Å²) in [5, 5.41) is 2.14. The van der Waals surface area contributed by atoms with Gasteiger partial charge in [0.25, 0.3) is 0 Å². The summed E-state index contributed by atoms with van der Waals surface area (Å²) in [6.45, 7) is 1.98. The van der Waals surface area contributed by atoms with Gasteiger partial charge in [0.1, 0.15) is 0 Å². The molecule has 0 radical (unpaired) electrons. The highest BCUT2D eigenvalue weighted by atomic mass is 79.9. The van der Waals surface area contributed by atoms with Crippen molar-refractivity contribution in [3.63, 3.8) is 0 Å². The number of aryl methyl sites for hydroxylation is 1. The second-order valence-electron chi connectivity index (χ2n) is 5.83. The van der Waals surface area contributed by atoms with E-state index in [0.29, 0.717) is 0 Å². The van der Waals surface area contributed by atoms with Gasteiger partial charge in [-0.25, -0.2) is 9.98 Å². The van der Waals surface area contributed by atoms with Crippen molar-refractivity contribution in [1.29, 1.82) is 0 Å². The Balaban J connectivity index is 1.94. The molecule has 0 aliphatic carbocycles. The third kappa shape index (κ3) is 3.54. The second-order valence-corrected chi connectivity index (χ2v) is 7.58. The van der Waals surface area contributed by atoms with Crippen molar-refractivity contribution in [2.75, 3.05) is 0 Å². The van der Waals surface area contributed by atoms with Crippen LogP contribution in [0, 0.1) is 6.92 Å². The molecular weight excluding hydrogens is 406 g/mol. The Kier molecular flexibility index (Phi) is 4.82. The van der Waals surface area contributed by atoms with Crippen molar-refractivity contribution in [3.8, 4) is 16.9 Å². The molecule has 0 atom stereocenters. The lowest BCUT2D eigenvalue weighted by atomic mass is 10.1. The van der Waals surface area contributed by atoms with Crippen molar-refractivity contribution in [1.82, 2.24) is 9.55 Å². The smallest absolute Gasteiger partial charge is 0.196 e. The van der Waals surface area contributed by atoms with Crippen molar-refractivity contribution < 1.29 is 0 Å². The predicted molar refractivity (Wildman–Crippen MR) is 111 cm³/mol. The quantitative estimate of drug-likeness (QED) is 0.404. The molecule has 0 unspecified atom stereocenters. The zero-order valence-corrected chi connectivity index (χ0v) is 16.5. The summed E-state index contributed by atoms with van der Waals surface area (Å²) in [5.74, 6) is 0.721. The van der Waals surface area contributed by atoms with Gasteiger partial charge < -0.3 is 0 Å². The molecule has 0 fully saturated rings. The molecule has 0 aliphatic heterocycles. The number of thiazole rings is 1. The first-order valence-electron chi connectivity index (χ1n) is 8.21. The lowest BCUT2D eigenvalue weighted by Gasteiger charge is -2.09. The van der Waals surface area contributed by atoms with E-state index in [1.165, 1.54) is 0 Å². The molecule has 5 heteroatoms. The third-order valence-electron chi connectivity index (χ3n) is 3.95. The van der Waals surface area contributed by atoms with E-state index in [-0.39, 0.29) is 0 Å². The van der Waals surface area contributed by atoms with Gasteiger partial charge in [0.05, 0.1) is 5.69 Å². The van der Waals surface area contributed by atoms with Crippen molar-refractivity contribution in [3.05, 3.63) is 93.1 Å². The molecule has 0 bridgehead atoms. The SMILES string of the molecule is Cc1cccc(/N=c2\scc(-c3ccc(Br)cc3)n2-c2ccccc2)n1. The molecule has 0 saturated carbocycles. The number of rotatable bonds is 3. The van der Waals surface area contributed by atoms with Gasteiger partial charge in [-0.15, -0.1) is 11.3 Å². The van der Waals surface area contributed by atoms with Crippen LogP contribution in [-0.2, 0) is 0 Å². The maximum Gasteiger partial charge on any atom is 0.196 e. The Bertz CT molecular complexity index is 1100. The number of hydrogen-bond donors (Lipinski definition) is 0. The first kappa shape index (κ1) is 16.9. The van der Waals surface area contributed by atoms with Crippen molar-refractivity contribution in [2.45, 2.75) is 6.92 Å². The largest absolute Gasteiger partial charge is 0.285 e. The van der Waals surface area contributed by atoms with Crippen LogP contribution in [0.25, 0.3) is 16.9 Å². The van der Waals surface area contributed by atoms with Gasteiger partial charge in [-0.05, 0) is 48.9 Å². The number of halogens is 1. The second kappa shape index (κ2) is 7.40. The van der Waals surface area contributed by atoms with Crippen LogP contribution in [0.5, 0.6) is 0 Å². The van der Waals surface area contributed by atoms with E-state index in [4.69, 9.17) is 4.99 Å². The maximum atomic E-state index is 4.80. The maximum absolute atomic E-state index is 4.80. The highest BCUT2D eigenvalue weighted by Gasteiger charge is 2.10. The first-order chi connectivity index (χ1) is 12.7. The average molecular weight is 422 g/mol. The molecule has 2 aromatic heterocycles. The summed E-state index contributed by atoms with van der Waals surface area (Å²) in [5.41, 5.74) is 4.30. The molecule has 0 N–H and O–H groups in total. The lowest BCUT2D eigenvalue weighted by Crippen LogP contribution is -2.13. The lowest BCUT2D eigenvalue weighted by molar-refractivity contribution is 1.00. The molecule has 128 valence electrons. The van der Waals surface area contributed by atoms with Crippen LogP contribution in [0.1, 0.15) is 5.69 Å². The molecule has 2 heterocycles. The number of pyridine rings is 1. The number of hydrogen-bond acceptors (Lipinski definition) is 3. The molecule has 0 aliphatic rings. The Morgan fingerprint density at radius 3 is 2.42 bits per heavy atom. The van der Waals surface area contributed by atoms with E-state index in [1.807, 2.05) is 43.3 Å². The minimum Gasteiger partial charge on any atom is -0.285 e. The molecule has 4 aromatic rings. The summed E-state index contributed by atoms with van der Waals surface area (Å²) in [7, 11) is 0. The number of para-hydroxylation sites is 1. The van der Waals surface area contributed by atoms with Gasteiger partial charge in [-0.2, -0.15) is 0 Å². The van der Waals surface area contributed by atoms with Crippen molar-refractivity contribution >= 4 is 33.1 Å². The van der Waals surface area contributed by atoms with Gasteiger partial charge in [0.15, 0.2) is 10.6 Å². The minimum atomic E-state index is 0.721. The van der Waals surface area contributed by atoms with Gasteiger partial charge in [0.2, 0.25) is 0 Å². The zero-order valence-electron chi connectivity index (χ0n) is 14.1. The van der Waals surface area contributed by atoms with Crippen LogP contribution in [0.4, 0.5) is 5.82 Å². The Morgan fingerprint density at radius 1 is 0.923 bits per heavy atom. The molecule has 2 aromatic carbocycles. The number of nitrogens with zero attached hydrogens (tertiary/aromatic N) is 3. The highest BCUT2D eigenvalue weighted by molar-refractivity contribution is 9.10. The summed E-state index contributed by atoms with van der Waals surface area (Å²) >= 11 is 5.12. The average Bonchev–Trinajstić information content (AvgIpc) is 3.06. The Labute approximate surface area is 164 Å². The van der Waals surface area contributed by atoms with Gasteiger partial charge in [-0.3, -0.25) is 4.57 Å². The summed E-state index contributed by atoms with van der Waals surface area (Å²) in [4.78, 5) is 10.2. The summed E-state index contributed by atoms with van der Waals surface area (Å²) in [6, 6.07) is 24.5. The van der Waals surface area contributed by atoms with Crippen LogP contribution < -0.4 is 4.80 Å². The van der Waals surface area contributed by atoms with E-state index in [2.05, 4.69) is 67.3 Å². The molecule has 0 spiro atoms. The van der Waals surface area contributed by atoms with Gasteiger partial charge in [-0.1, -0.05) is 52.3 Å². The van der Waals surface area contributed by atoms with Gasteiger partial charge in [0, 0.05) is 21.2 Å².